The Hall–Kier alpha value is -1.29. The number of piperidine rings is 1. The van der Waals surface area contributed by atoms with Gasteiger partial charge in [-0.1, -0.05) is 6.42 Å². The fraction of sp³-hybridized carbons (Fsp3) is 0.684. The third kappa shape index (κ3) is 4.48. The molecule has 154 valence electrons. The first kappa shape index (κ1) is 20.0. The molecule has 28 heavy (non-hydrogen) atoms. The van der Waals surface area contributed by atoms with Gasteiger partial charge in [-0.3, -0.25) is 4.90 Å². The lowest BCUT2D eigenvalue weighted by atomic mass is 10.0. The van der Waals surface area contributed by atoms with Gasteiger partial charge in [-0.25, -0.2) is 18.4 Å². The lowest BCUT2D eigenvalue weighted by molar-refractivity contribution is 0.134. The molecule has 0 N–H and O–H groups in total. The van der Waals surface area contributed by atoms with E-state index in [4.69, 9.17) is 4.74 Å². The van der Waals surface area contributed by atoms with Crippen LogP contribution in [0.1, 0.15) is 48.8 Å². The van der Waals surface area contributed by atoms with Gasteiger partial charge in [-0.15, -0.1) is 11.3 Å². The Bertz CT molecular complexity index is 875. The summed E-state index contributed by atoms with van der Waals surface area (Å²) in [4.78, 5) is 11.3. The van der Waals surface area contributed by atoms with Gasteiger partial charge >= 0.3 is 0 Å². The number of thiazole rings is 1. The van der Waals surface area contributed by atoms with Gasteiger partial charge in [-0.05, 0) is 38.1 Å². The van der Waals surface area contributed by atoms with Crippen LogP contribution in [-0.4, -0.2) is 53.9 Å². The van der Waals surface area contributed by atoms with Crippen LogP contribution in [0.3, 0.4) is 0 Å². The molecular weight excluding hydrogens is 396 g/mol. The Morgan fingerprint density at radius 1 is 1.25 bits per heavy atom. The Balaban J connectivity index is 1.59. The van der Waals surface area contributed by atoms with Crippen LogP contribution >= 0.6 is 11.3 Å². The van der Waals surface area contributed by atoms with Gasteiger partial charge in [0.15, 0.2) is 0 Å². The van der Waals surface area contributed by atoms with Gasteiger partial charge in [-0.2, -0.15) is 0 Å². The van der Waals surface area contributed by atoms with Gasteiger partial charge in [0.05, 0.1) is 30.3 Å². The summed E-state index contributed by atoms with van der Waals surface area (Å²) >= 11 is 1.69. The summed E-state index contributed by atoms with van der Waals surface area (Å²) < 4.78 is 32.8. The van der Waals surface area contributed by atoms with E-state index in [9.17, 15) is 8.42 Å². The van der Waals surface area contributed by atoms with Gasteiger partial charge in [0.25, 0.3) is 0 Å². The van der Waals surface area contributed by atoms with Crippen LogP contribution in [0.2, 0.25) is 0 Å². The zero-order valence-electron chi connectivity index (χ0n) is 16.3. The molecule has 2 aromatic heterocycles. The molecule has 7 nitrogen and oxygen atoms in total. The van der Waals surface area contributed by atoms with Crippen LogP contribution in [0.4, 0.5) is 0 Å². The monoisotopic (exact) mass is 424 g/mol. The van der Waals surface area contributed by atoms with Crippen molar-refractivity contribution in [3.8, 4) is 0 Å². The summed E-state index contributed by atoms with van der Waals surface area (Å²) in [6.45, 7) is 2.63. The van der Waals surface area contributed by atoms with E-state index in [-0.39, 0.29) is 10.9 Å². The molecule has 0 unspecified atom stereocenters. The summed E-state index contributed by atoms with van der Waals surface area (Å²) in [6, 6.07) is 0.297. The Kier molecular flexibility index (Phi) is 6.15. The Labute approximate surface area is 170 Å². The number of methoxy groups -OCH3 is 1. The first-order valence-electron chi connectivity index (χ1n) is 9.98. The second kappa shape index (κ2) is 8.61. The van der Waals surface area contributed by atoms with E-state index in [2.05, 4.69) is 14.9 Å². The van der Waals surface area contributed by atoms with Crippen LogP contribution in [0, 0.1) is 5.92 Å². The quantitative estimate of drug-likeness (QED) is 0.616. The fourth-order valence-electron chi connectivity index (χ4n) is 3.92. The molecule has 2 aromatic rings. The minimum Gasteiger partial charge on any atom is -0.383 e. The summed E-state index contributed by atoms with van der Waals surface area (Å²) in [5.74, 6) is 0.513. The third-order valence-corrected chi connectivity index (χ3v) is 8.24. The number of hydrogen-bond acceptors (Lipinski definition) is 7. The molecule has 1 atom stereocenters. The summed E-state index contributed by atoms with van der Waals surface area (Å²) in [5, 5.41) is 3.37. The standard InChI is InChI=1S/C19H28N4O3S2/c1-26-10-9-23-16(12-21-19(23)28(24,25)14-15-5-6-15)13-22-8-3-2-4-17(22)18-20-7-11-27-18/h7,11-12,15,17H,2-6,8-10,13-14H2,1H3/t17-/m0/s1. The normalized spacial score (nSPS) is 21.2. The largest absolute Gasteiger partial charge is 0.383 e. The van der Waals surface area contributed by atoms with Crippen molar-refractivity contribution in [1.29, 1.82) is 0 Å². The molecule has 1 aliphatic carbocycles. The van der Waals surface area contributed by atoms with Crippen molar-refractivity contribution < 1.29 is 13.2 Å². The average molecular weight is 425 g/mol. The minimum atomic E-state index is -3.37. The van der Waals surface area contributed by atoms with Gasteiger partial charge < -0.3 is 9.30 Å². The number of ether oxygens (including phenoxy) is 1. The van der Waals surface area contributed by atoms with E-state index in [0.29, 0.717) is 31.7 Å². The molecule has 2 fully saturated rings. The van der Waals surface area contributed by atoms with Crippen molar-refractivity contribution in [2.24, 2.45) is 5.92 Å². The molecule has 9 heteroatoms. The Morgan fingerprint density at radius 3 is 2.82 bits per heavy atom. The van der Waals surface area contributed by atoms with E-state index >= 15 is 0 Å². The maximum Gasteiger partial charge on any atom is 0.227 e. The first-order chi connectivity index (χ1) is 13.6. The Morgan fingerprint density at radius 2 is 2.11 bits per heavy atom. The van der Waals surface area contributed by atoms with Crippen molar-refractivity contribution in [3.63, 3.8) is 0 Å². The third-order valence-electron chi connectivity index (χ3n) is 5.57. The summed E-state index contributed by atoms with van der Waals surface area (Å²) in [7, 11) is -1.73. The highest BCUT2D eigenvalue weighted by Crippen LogP contribution is 2.34. The van der Waals surface area contributed by atoms with E-state index in [1.807, 2.05) is 16.1 Å². The van der Waals surface area contributed by atoms with Crippen molar-refractivity contribution in [1.82, 2.24) is 19.4 Å². The van der Waals surface area contributed by atoms with Crippen LogP contribution in [0.15, 0.2) is 22.9 Å². The number of hydrogen-bond donors (Lipinski definition) is 0. The smallest absolute Gasteiger partial charge is 0.227 e. The highest BCUT2D eigenvalue weighted by Gasteiger charge is 2.33. The van der Waals surface area contributed by atoms with Gasteiger partial charge in [0.2, 0.25) is 15.0 Å². The van der Waals surface area contributed by atoms with Crippen molar-refractivity contribution >= 4 is 21.2 Å². The molecule has 3 heterocycles. The summed E-state index contributed by atoms with van der Waals surface area (Å²) in [5.41, 5.74) is 0.940. The number of nitrogens with zero attached hydrogens (tertiary/aromatic N) is 4. The molecule has 4 rings (SSSR count). The molecule has 1 saturated heterocycles. The number of likely N-dealkylation sites (tertiary alicyclic amines) is 1. The molecule has 1 saturated carbocycles. The van der Waals surface area contributed by atoms with E-state index < -0.39 is 9.84 Å². The molecule has 0 aromatic carbocycles. The van der Waals surface area contributed by atoms with Gasteiger partial charge in [0.1, 0.15) is 5.01 Å². The maximum absolute atomic E-state index is 12.9. The predicted octanol–water partition coefficient (Wildman–Crippen LogP) is 2.90. The lowest BCUT2D eigenvalue weighted by Gasteiger charge is -2.34. The minimum absolute atomic E-state index is 0.203. The van der Waals surface area contributed by atoms with Crippen LogP contribution in [-0.2, 0) is 27.7 Å². The van der Waals surface area contributed by atoms with Crippen molar-refractivity contribution in [2.45, 2.75) is 56.4 Å². The molecule has 0 bridgehead atoms. The van der Waals surface area contributed by atoms with Crippen molar-refractivity contribution in [3.05, 3.63) is 28.5 Å². The highest BCUT2D eigenvalue weighted by atomic mass is 32.2. The zero-order chi connectivity index (χ0) is 19.6. The average Bonchev–Trinajstić information content (AvgIpc) is 3.17. The van der Waals surface area contributed by atoms with Crippen LogP contribution < -0.4 is 0 Å². The van der Waals surface area contributed by atoms with E-state index in [1.165, 1.54) is 6.42 Å². The number of aromatic nitrogens is 3. The second-order valence-corrected chi connectivity index (χ2v) is 10.6. The fourth-order valence-corrected chi connectivity index (χ4v) is 6.59. The number of imidazole rings is 1. The second-order valence-electron chi connectivity index (χ2n) is 7.75. The maximum atomic E-state index is 12.9. The van der Waals surface area contributed by atoms with Crippen LogP contribution in [0.5, 0.6) is 0 Å². The zero-order valence-corrected chi connectivity index (χ0v) is 17.9. The van der Waals surface area contributed by atoms with E-state index in [1.54, 1.807) is 24.6 Å². The summed E-state index contributed by atoms with van der Waals surface area (Å²) in [6.07, 6.45) is 9.06. The topological polar surface area (TPSA) is 77.3 Å². The molecule has 0 radical (unpaired) electrons. The lowest BCUT2D eigenvalue weighted by Crippen LogP contribution is -2.34. The van der Waals surface area contributed by atoms with Gasteiger partial charge in [0, 0.05) is 31.8 Å². The SMILES string of the molecule is COCCn1c(CN2CCCC[C@H]2c2nccs2)cnc1S(=O)(=O)CC1CC1. The molecular formula is C19H28N4O3S2. The number of rotatable bonds is 9. The first-order valence-corrected chi connectivity index (χ1v) is 12.5. The van der Waals surface area contributed by atoms with Crippen molar-refractivity contribution in [2.75, 3.05) is 26.0 Å². The highest BCUT2D eigenvalue weighted by molar-refractivity contribution is 7.91. The molecule has 2 aliphatic rings. The molecule has 0 spiro atoms. The molecule has 0 amide bonds. The number of sulfone groups is 1. The van der Waals surface area contributed by atoms with Crippen LogP contribution in [0.25, 0.3) is 0 Å². The molecule has 1 aliphatic heterocycles. The van der Waals surface area contributed by atoms with E-state index in [0.717, 1.165) is 42.9 Å². The predicted molar refractivity (Wildman–Crippen MR) is 108 cm³/mol.